The van der Waals surface area contributed by atoms with Crippen LogP contribution in [-0.4, -0.2) is 16.3 Å². The zero-order valence-electron chi connectivity index (χ0n) is 9.72. The van der Waals surface area contributed by atoms with Gasteiger partial charge < -0.3 is 5.32 Å². The van der Waals surface area contributed by atoms with Crippen molar-refractivity contribution < 1.29 is 0 Å². The van der Waals surface area contributed by atoms with Crippen molar-refractivity contribution in [3.63, 3.8) is 0 Å². The highest BCUT2D eigenvalue weighted by atomic mass is 15.3. The standard InChI is InChI=1S/C13H14N4/c1-11-3-4-13(12(9-11)10-14)15-6-8-17-7-2-5-16-17/h2-5,7,9,15H,6,8H2,1H3. The summed E-state index contributed by atoms with van der Waals surface area (Å²) in [7, 11) is 0. The predicted octanol–water partition coefficient (Wildman–Crippen LogP) is 2.18. The molecule has 4 nitrogen and oxygen atoms in total. The summed E-state index contributed by atoms with van der Waals surface area (Å²) in [6.07, 6.45) is 3.68. The van der Waals surface area contributed by atoms with Gasteiger partial charge in [0.05, 0.1) is 17.8 Å². The molecule has 2 rings (SSSR count). The summed E-state index contributed by atoms with van der Waals surface area (Å²) in [5.41, 5.74) is 2.66. The molecule has 0 unspecified atom stereocenters. The number of nitriles is 1. The van der Waals surface area contributed by atoms with Crippen molar-refractivity contribution in [2.45, 2.75) is 13.5 Å². The van der Waals surface area contributed by atoms with Crippen LogP contribution in [0.25, 0.3) is 0 Å². The summed E-state index contributed by atoms with van der Waals surface area (Å²) >= 11 is 0. The van der Waals surface area contributed by atoms with Crippen molar-refractivity contribution in [3.8, 4) is 6.07 Å². The fourth-order valence-electron chi connectivity index (χ4n) is 1.64. The smallest absolute Gasteiger partial charge is 0.101 e. The van der Waals surface area contributed by atoms with E-state index in [0.29, 0.717) is 5.56 Å². The van der Waals surface area contributed by atoms with Gasteiger partial charge in [0.2, 0.25) is 0 Å². The van der Waals surface area contributed by atoms with E-state index in [4.69, 9.17) is 5.26 Å². The Hall–Kier alpha value is -2.28. The van der Waals surface area contributed by atoms with E-state index in [1.807, 2.05) is 42.1 Å². The van der Waals surface area contributed by atoms with Gasteiger partial charge in [0.25, 0.3) is 0 Å². The van der Waals surface area contributed by atoms with Crippen LogP contribution in [0.3, 0.4) is 0 Å². The quantitative estimate of drug-likeness (QED) is 0.869. The molecular formula is C13H14N4. The van der Waals surface area contributed by atoms with Gasteiger partial charge in [-0.15, -0.1) is 0 Å². The van der Waals surface area contributed by atoms with Gasteiger partial charge in [0.1, 0.15) is 6.07 Å². The van der Waals surface area contributed by atoms with Crippen LogP contribution in [0.15, 0.2) is 36.7 Å². The van der Waals surface area contributed by atoms with Crippen molar-refractivity contribution >= 4 is 5.69 Å². The van der Waals surface area contributed by atoms with Gasteiger partial charge in [-0.2, -0.15) is 10.4 Å². The van der Waals surface area contributed by atoms with Crippen molar-refractivity contribution in [1.82, 2.24) is 9.78 Å². The summed E-state index contributed by atoms with van der Waals surface area (Å²) in [6.45, 7) is 3.51. The molecular weight excluding hydrogens is 212 g/mol. The van der Waals surface area contributed by atoms with E-state index in [1.54, 1.807) is 6.20 Å². The fourth-order valence-corrected chi connectivity index (χ4v) is 1.64. The number of aryl methyl sites for hydroxylation is 1. The Morgan fingerprint density at radius 1 is 1.47 bits per heavy atom. The minimum atomic E-state index is 0.686. The first kappa shape index (κ1) is 11.2. The number of anilines is 1. The minimum absolute atomic E-state index is 0.686. The molecule has 0 aliphatic carbocycles. The average molecular weight is 226 g/mol. The zero-order valence-corrected chi connectivity index (χ0v) is 9.72. The predicted molar refractivity (Wildman–Crippen MR) is 66.6 cm³/mol. The van der Waals surface area contributed by atoms with E-state index >= 15 is 0 Å². The van der Waals surface area contributed by atoms with Gasteiger partial charge in [-0.1, -0.05) is 6.07 Å². The van der Waals surface area contributed by atoms with Crippen LogP contribution in [0.5, 0.6) is 0 Å². The third kappa shape index (κ3) is 2.85. The molecule has 0 fully saturated rings. The molecule has 1 aromatic carbocycles. The number of nitrogens with one attached hydrogen (secondary N) is 1. The molecule has 1 N–H and O–H groups in total. The molecule has 0 aliphatic heterocycles. The first-order valence-electron chi connectivity index (χ1n) is 5.51. The van der Waals surface area contributed by atoms with Gasteiger partial charge >= 0.3 is 0 Å². The van der Waals surface area contributed by atoms with Gasteiger partial charge in [-0.05, 0) is 30.7 Å². The molecule has 0 amide bonds. The van der Waals surface area contributed by atoms with Crippen LogP contribution in [0.2, 0.25) is 0 Å². The van der Waals surface area contributed by atoms with E-state index in [2.05, 4.69) is 16.5 Å². The van der Waals surface area contributed by atoms with Gasteiger partial charge in [0.15, 0.2) is 0 Å². The van der Waals surface area contributed by atoms with Crippen molar-refractivity contribution in [2.24, 2.45) is 0 Å². The first-order valence-corrected chi connectivity index (χ1v) is 5.51. The van der Waals surface area contributed by atoms with Crippen LogP contribution in [0.1, 0.15) is 11.1 Å². The highest BCUT2D eigenvalue weighted by Gasteiger charge is 2.01. The van der Waals surface area contributed by atoms with Crippen molar-refractivity contribution in [2.75, 3.05) is 11.9 Å². The molecule has 1 heterocycles. The second kappa shape index (κ2) is 5.17. The molecule has 0 atom stereocenters. The van der Waals surface area contributed by atoms with Crippen molar-refractivity contribution in [1.29, 1.82) is 5.26 Å². The van der Waals surface area contributed by atoms with Gasteiger partial charge in [-0.25, -0.2) is 0 Å². The van der Waals surface area contributed by atoms with Crippen LogP contribution in [0, 0.1) is 18.3 Å². The van der Waals surface area contributed by atoms with Gasteiger partial charge in [0, 0.05) is 18.9 Å². The maximum absolute atomic E-state index is 9.02. The molecule has 0 radical (unpaired) electrons. The molecule has 2 aromatic rings. The molecule has 0 spiro atoms. The SMILES string of the molecule is Cc1ccc(NCCn2cccn2)c(C#N)c1. The number of rotatable bonds is 4. The lowest BCUT2D eigenvalue weighted by atomic mass is 10.1. The Morgan fingerprint density at radius 3 is 3.06 bits per heavy atom. The Balaban J connectivity index is 1.97. The van der Waals surface area contributed by atoms with Crippen molar-refractivity contribution in [3.05, 3.63) is 47.8 Å². The summed E-state index contributed by atoms with van der Waals surface area (Å²) in [4.78, 5) is 0. The molecule has 17 heavy (non-hydrogen) atoms. The van der Waals surface area contributed by atoms with E-state index < -0.39 is 0 Å². The third-order valence-corrected chi connectivity index (χ3v) is 2.51. The maximum atomic E-state index is 9.02. The lowest BCUT2D eigenvalue weighted by Crippen LogP contribution is -2.11. The molecule has 0 aliphatic rings. The Labute approximate surface area is 100 Å². The lowest BCUT2D eigenvalue weighted by Gasteiger charge is -2.08. The molecule has 0 bridgehead atoms. The second-order valence-corrected chi connectivity index (χ2v) is 3.86. The number of hydrogen-bond acceptors (Lipinski definition) is 3. The summed E-state index contributed by atoms with van der Waals surface area (Å²) in [5, 5.41) is 16.4. The average Bonchev–Trinajstić information content (AvgIpc) is 2.84. The summed E-state index contributed by atoms with van der Waals surface area (Å²) in [5.74, 6) is 0. The lowest BCUT2D eigenvalue weighted by molar-refractivity contribution is 0.638. The number of hydrogen-bond donors (Lipinski definition) is 1. The van der Waals surface area contributed by atoms with E-state index in [-0.39, 0.29) is 0 Å². The van der Waals surface area contributed by atoms with Crippen LogP contribution >= 0.6 is 0 Å². The van der Waals surface area contributed by atoms with E-state index in [9.17, 15) is 0 Å². The summed E-state index contributed by atoms with van der Waals surface area (Å²) < 4.78 is 1.85. The highest BCUT2D eigenvalue weighted by Crippen LogP contribution is 2.15. The molecule has 0 saturated heterocycles. The Morgan fingerprint density at radius 2 is 2.35 bits per heavy atom. The molecule has 1 aromatic heterocycles. The zero-order chi connectivity index (χ0) is 12.1. The summed E-state index contributed by atoms with van der Waals surface area (Å²) in [6, 6.07) is 9.91. The third-order valence-electron chi connectivity index (χ3n) is 2.51. The number of aromatic nitrogens is 2. The second-order valence-electron chi connectivity index (χ2n) is 3.86. The first-order chi connectivity index (χ1) is 8.29. The maximum Gasteiger partial charge on any atom is 0.101 e. The Bertz CT molecular complexity index is 523. The normalized spacial score (nSPS) is 9.88. The molecule has 0 saturated carbocycles. The minimum Gasteiger partial charge on any atom is -0.382 e. The Kier molecular flexibility index (Phi) is 3.41. The number of nitrogens with zero attached hydrogens (tertiary/aromatic N) is 3. The van der Waals surface area contributed by atoms with Gasteiger partial charge in [-0.3, -0.25) is 4.68 Å². The number of benzene rings is 1. The molecule has 4 heteroatoms. The van der Waals surface area contributed by atoms with Crippen LogP contribution in [-0.2, 0) is 6.54 Å². The monoisotopic (exact) mass is 226 g/mol. The highest BCUT2D eigenvalue weighted by molar-refractivity contribution is 5.58. The van der Waals surface area contributed by atoms with Crippen LogP contribution in [0.4, 0.5) is 5.69 Å². The van der Waals surface area contributed by atoms with Crippen LogP contribution < -0.4 is 5.32 Å². The fraction of sp³-hybridized carbons (Fsp3) is 0.231. The molecule has 86 valence electrons. The topological polar surface area (TPSA) is 53.6 Å². The van der Waals surface area contributed by atoms with E-state index in [0.717, 1.165) is 24.3 Å². The van der Waals surface area contributed by atoms with E-state index in [1.165, 1.54) is 0 Å². The largest absolute Gasteiger partial charge is 0.382 e.